The lowest BCUT2D eigenvalue weighted by Crippen LogP contribution is -2.36. The first-order valence-corrected chi connectivity index (χ1v) is 8.46. The van der Waals surface area contributed by atoms with Crippen LogP contribution in [0.15, 0.2) is 17.5 Å². The van der Waals surface area contributed by atoms with Gasteiger partial charge >= 0.3 is 5.97 Å². The molecule has 0 aliphatic carbocycles. The molecule has 0 bridgehead atoms. The molecule has 0 aromatic carbocycles. The first-order chi connectivity index (χ1) is 10.1. The zero-order valence-corrected chi connectivity index (χ0v) is 13.0. The van der Waals surface area contributed by atoms with E-state index in [4.69, 9.17) is 5.11 Å². The predicted molar refractivity (Wildman–Crippen MR) is 83.6 cm³/mol. The van der Waals surface area contributed by atoms with Gasteiger partial charge in [-0.15, -0.1) is 11.3 Å². The molecule has 1 rings (SSSR count). The minimum absolute atomic E-state index is 0.0632. The highest BCUT2D eigenvalue weighted by atomic mass is 32.2. The number of carboxylic acid groups (broad SMARTS) is 1. The van der Waals surface area contributed by atoms with E-state index in [1.165, 1.54) is 16.6 Å². The molecule has 3 N–H and O–H groups in total. The van der Waals surface area contributed by atoms with E-state index in [0.717, 1.165) is 6.42 Å². The first-order valence-electron chi connectivity index (χ1n) is 6.43. The molecule has 8 heteroatoms. The van der Waals surface area contributed by atoms with Crippen molar-refractivity contribution < 1.29 is 19.5 Å². The second kappa shape index (κ2) is 10.2. The zero-order chi connectivity index (χ0) is 15.5. The van der Waals surface area contributed by atoms with Crippen LogP contribution in [0.3, 0.4) is 0 Å². The topological polar surface area (TPSA) is 95.5 Å². The Morgan fingerprint density at radius 2 is 2.29 bits per heavy atom. The van der Waals surface area contributed by atoms with Crippen LogP contribution in [0.4, 0.5) is 0 Å². The zero-order valence-electron chi connectivity index (χ0n) is 11.4. The summed E-state index contributed by atoms with van der Waals surface area (Å²) in [7, 11) is 0. The van der Waals surface area contributed by atoms with Crippen molar-refractivity contribution in [1.82, 2.24) is 10.6 Å². The van der Waals surface area contributed by atoms with Gasteiger partial charge in [0.15, 0.2) is 0 Å². The van der Waals surface area contributed by atoms with Crippen LogP contribution < -0.4 is 10.6 Å². The molecule has 2 amide bonds. The van der Waals surface area contributed by atoms with Crippen LogP contribution in [0, 0.1) is 0 Å². The number of thiophene rings is 1. The highest BCUT2D eigenvalue weighted by Crippen LogP contribution is 2.08. The number of nitrogens with one attached hydrogen (secondary N) is 2. The van der Waals surface area contributed by atoms with Crippen molar-refractivity contribution in [3.8, 4) is 0 Å². The molecule has 0 aliphatic rings. The molecule has 1 aromatic rings. The molecule has 1 heterocycles. The molecular weight excluding hydrogens is 312 g/mol. The molecule has 116 valence electrons. The van der Waals surface area contributed by atoms with E-state index in [1.54, 1.807) is 11.3 Å². The third kappa shape index (κ3) is 7.72. The van der Waals surface area contributed by atoms with Crippen molar-refractivity contribution in [3.63, 3.8) is 0 Å². The van der Waals surface area contributed by atoms with Gasteiger partial charge in [0, 0.05) is 11.4 Å². The molecule has 1 atom stereocenters. The minimum atomic E-state index is -1.07. The van der Waals surface area contributed by atoms with Gasteiger partial charge in [-0.25, -0.2) is 4.79 Å². The maximum Gasteiger partial charge on any atom is 0.326 e. The van der Waals surface area contributed by atoms with Gasteiger partial charge in [0.2, 0.25) is 12.3 Å². The summed E-state index contributed by atoms with van der Waals surface area (Å²) in [6, 6.07) is 3.11. The lowest BCUT2D eigenvalue weighted by Gasteiger charge is -2.10. The smallest absolute Gasteiger partial charge is 0.326 e. The van der Waals surface area contributed by atoms with Crippen molar-refractivity contribution >= 4 is 41.4 Å². The van der Waals surface area contributed by atoms with Gasteiger partial charge in [-0.3, -0.25) is 9.59 Å². The van der Waals surface area contributed by atoms with Crippen LogP contribution in [-0.2, 0) is 20.8 Å². The van der Waals surface area contributed by atoms with Gasteiger partial charge in [-0.05, 0) is 30.0 Å². The van der Waals surface area contributed by atoms with E-state index in [1.807, 2.05) is 17.5 Å². The van der Waals surface area contributed by atoms with Gasteiger partial charge in [0.25, 0.3) is 0 Å². The molecule has 0 saturated carbocycles. The summed E-state index contributed by atoms with van der Waals surface area (Å²) in [4.78, 5) is 33.8. The van der Waals surface area contributed by atoms with E-state index in [2.05, 4.69) is 10.6 Å². The third-order valence-electron chi connectivity index (χ3n) is 2.63. The number of rotatable bonds is 11. The molecule has 0 radical (unpaired) electrons. The largest absolute Gasteiger partial charge is 0.480 e. The number of hydrogen-bond donors (Lipinski definition) is 3. The fraction of sp³-hybridized carbons (Fsp3) is 0.462. The van der Waals surface area contributed by atoms with Crippen molar-refractivity contribution in [2.24, 2.45) is 0 Å². The van der Waals surface area contributed by atoms with Crippen LogP contribution in [-0.4, -0.2) is 47.5 Å². The average Bonchev–Trinajstić information content (AvgIpc) is 2.95. The van der Waals surface area contributed by atoms with Crippen LogP contribution in [0.2, 0.25) is 0 Å². The fourth-order valence-corrected chi connectivity index (χ4v) is 3.10. The summed E-state index contributed by atoms with van der Waals surface area (Å²) < 4.78 is 0. The third-order valence-corrected chi connectivity index (χ3v) is 4.55. The summed E-state index contributed by atoms with van der Waals surface area (Å²) in [5.41, 5.74) is 0. The molecule has 21 heavy (non-hydrogen) atoms. The molecular formula is C13H18N2O4S2. The Morgan fingerprint density at radius 1 is 1.48 bits per heavy atom. The Bertz CT molecular complexity index is 451. The first kappa shape index (κ1) is 17.5. The van der Waals surface area contributed by atoms with Crippen LogP contribution in [0.5, 0.6) is 0 Å². The maximum atomic E-state index is 11.6. The Kier molecular flexibility index (Phi) is 8.53. The Hall–Kier alpha value is -1.54. The number of carboxylic acids is 1. The highest BCUT2D eigenvalue weighted by Gasteiger charge is 2.15. The lowest BCUT2D eigenvalue weighted by molar-refractivity contribution is -0.140. The van der Waals surface area contributed by atoms with Crippen LogP contribution in [0.25, 0.3) is 0 Å². The monoisotopic (exact) mass is 330 g/mol. The normalized spacial score (nSPS) is 11.6. The number of thioether (sulfide) groups is 1. The van der Waals surface area contributed by atoms with E-state index in [9.17, 15) is 14.4 Å². The standard InChI is InChI=1S/C13H18N2O4S2/c16-9-15-11(13(18)19)4-7-20-8-12(17)14-5-3-10-2-1-6-21-10/h1-2,6,9,11H,3-5,7-8H2,(H,14,17)(H,15,16)(H,18,19). The molecule has 6 nitrogen and oxygen atoms in total. The molecule has 1 aromatic heterocycles. The van der Waals surface area contributed by atoms with Crippen molar-refractivity contribution in [2.45, 2.75) is 18.9 Å². The Labute approximate surface area is 131 Å². The van der Waals surface area contributed by atoms with Gasteiger partial charge in [-0.2, -0.15) is 11.8 Å². The van der Waals surface area contributed by atoms with Crippen LogP contribution >= 0.6 is 23.1 Å². The van der Waals surface area contributed by atoms with E-state index >= 15 is 0 Å². The molecule has 0 saturated heterocycles. The quantitative estimate of drug-likeness (QED) is 0.411. The van der Waals surface area contributed by atoms with Gasteiger partial charge in [0.05, 0.1) is 5.75 Å². The summed E-state index contributed by atoms with van der Waals surface area (Å²) in [6.45, 7) is 0.602. The van der Waals surface area contributed by atoms with Crippen molar-refractivity contribution in [2.75, 3.05) is 18.1 Å². The van der Waals surface area contributed by atoms with Crippen molar-refractivity contribution in [3.05, 3.63) is 22.4 Å². The van der Waals surface area contributed by atoms with Gasteiger partial charge in [0.1, 0.15) is 6.04 Å². The molecule has 0 aliphatic heterocycles. The minimum Gasteiger partial charge on any atom is -0.480 e. The average molecular weight is 330 g/mol. The molecule has 0 fully saturated rings. The van der Waals surface area contributed by atoms with E-state index in [-0.39, 0.29) is 11.7 Å². The summed E-state index contributed by atoms with van der Waals surface area (Å²) >= 11 is 3.01. The maximum absolute atomic E-state index is 11.6. The highest BCUT2D eigenvalue weighted by molar-refractivity contribution is 7.99. The second-order valence-electron chi connectivity index (χ2n) is 4.20. The number of amides is 2. The molecule has 1 unspecified atom stereocenters. The van der Waals surface area contributed by atoms with E-state index in [0.29, 0.717) is 25.1 Å². The van der Waals surface area contributed by atoms with Gasteiger partial charge < -0.3 is 15.7 Å². The summed E-state index contributed by atoms with van der Waals surface area (Å²) in [5.74, 6) is -0.344. The van der Waals surface area contributed by atoms with E-state index < -0.39 is 12.0 Å². The Morgan fingerprint density at radius 3 is 2.90 bits per heavy atom. The fourth-order valence-electron chi connectivity index (χ4n) is 1.56. The number of carbonyl (C=O) groups excluding carboxylic acids is 2. The Balaban J connectivity index is 2.07. The van der Waals surface area contributed by atoms with Crippen LogP contribution in [0.1, 0.15) is 11.3 Å². The number of carbonyl (C=O) groups is 3. The number of aliphatic carboxylic acids is 1. The number of hydrogen-bond acceptors (Lipinski definition) is 5. The lowest BCUT2D eigenvalue weighted by atomic mass is 10.2. The SMILES string of the molecule is O=CNC(CCSCC(=O)NCCc1cccs1)C(=O)O. The van der Waals surface area contributed by atoms with Gasteiger partial charge in [-0.1, -0.05) is 6.07 Å². The second-order valence-corrected chi connectivity index (χ2v) is 6.33. The summed E-state index contributed by atoms with van der Waals surface area (Å²) in [6.07, 6.45) is 1.49. The summed E-state index contributed by atoms with van der Waals surface area (Å²) in [5, 5.41) is 15.9. The van der Waals surface area contributed by atoms with Crippen molar-refractivity contribution in [1.29, 1.82) is 0 Å². The molecule has 0 spiro atoms. The predicted octanol–water partition coefficient (Wildman–Crippen LogP) is 0.729.